The van der Waals surface area contributed by atoms with Crippen molar-refractivity contribution in [1.82, 2.24) is 4.90 Å². The van der Waals surface area contributed by atoms with E-state index in [9.17, 15) is 10.1 Å². The van der Waals surface area contributed by atoms with Crippen molar-refractivity contribution in [3.63, 3.8) is 0 Å². The number of non-ortho nitro benzene ring substituents is 1. The molecular formula is C14H21N3O3. The molecule has 20 heavy (non-hydrogen) atoms. The first-order valence-electron chi connectivity index (χ1n) is 6.84. The standard InChI is InChI=1S/C14H21N3O3/c1-15-14-6-5-12(17(18)19)8-11(14)9-16-7-3-4-13(10-16)20-2/h5-6,8,13,15H,3-4,7,9-10H2,1-2H3. The summed E-state index contributed by atoms with van der Waals surface area (Å²) < 4.78 is 5.41. The molecule has 0 aromatic heterocycles. The second-order valence-corrected chi connectivity index (χ2v) is 5.08. The van der Waals surface area contributed by atoms with Crippen molar-refractivity contribution in [1.29, 1.82) is 0 Å². The number of hydrogen-bond donors (Lipinski definition) is 1. The lowest BCUT2D eigenvalue weighted by molar-refractivity contribution is -0.384. The van der Waals surface area contributed by atoms with Gasteiger partial charge in [-0.05, 0) is 31.0 Å². The number of methoxy groups -OCH3 is 1. The van der Waals surface area contributed by atoms with Gasteiger partial charge in [-0.25, -0.2) is 0 Å². The molecule has 1 heterocycles. The van der Waals surface area contributed by atoms with Crippen LogP contribution in [0.5, 0.6) is 0 Å². The Balaban J connectivity index is 2.14. The molecule has 1 aromatic rings. The van der Waals surface area contributed by atoms with Crippen LogP contribution in [0.4, 0.5) is 11.4 Å². The molecule has 0 amide bonds. The van der Waals surface area contributed by atoms with Crippen LogP contribution in [-0.2, 0) is 11.3 Å². The molecule has 0 radical (unpaired) electrons. The summed E-state index contributed by atoms with van der Waals surface area (Å²) in [7, 11) is 3.57. The molecule has 6 heteroatoms. The van der Waals surface area contributed by atoms with E-state index in [2.05, 4.69) is 10.2 Å². The van der Waals surface area contributed by atoms with E-state index in [1.165, 1.54) is 6.07 Å². The molecule has 0 aliphatic carbocycles. The minimum atomic E-state index is -0.350. The van der Waals surface area contributed by atoms with Crippen LogP contribution >= 0.6 is 0 Å². The van der Waals surface area contributed by atoms with Crippen LogP contribution in [0.25, 0.3) is 0 Å². The van der Waals surface area contributed by atoms with Gasteiger partial charge in [-0.1, -0.05) is 0 Å². The Morgan fingerprint density at radius 2 is 2.35 bits per heavy atom. The zero-order valence-electron chi connectivity index (χ0n) is 12.0. The van der Waals surface area contributed by atoms with Gasteiger partial charge in [0.15, 0.2) is 0 Å². The Kier molecular flexibility index (Phi) is 4.92. The maximum Gasteiger partial charge on any atom is 0.269 e. The molecule has 6 nitrogen and oxygen atoms in total. The Bertz CT molecular complexity index is 479. The van der Waals surface area contributed by atoms with E-state index in [1.54, 1.807) is 19.2 Å². The van der Waals surface area contributed by atoms with Gasteiger partial charge < -0.3 is 10.1 Å². The van der Waals surface area contributed by atoms with Crippen molar-refractivity contribution in [2.75, 3.05) is 32.6 Å². The topological polar surface area (TPSA) is 67.6 Å². The molecule has 1 N–H and O–H groups in total. The highest BCUT2D eigenvalue weighted by atomic mass is 16.6. The number of ether oxygens (including phenoxy) is 1. The number of nitro benzene ring substituents is 1. The fourth-order valence-corrected chi connectivity index (χ4v) is 2.66. The fourth-order valence-electron chi connectivity index (χ4n) is 2.66. The summed E-state index contributed by atoms with van der Waals surface area (Å²) in [6.07, 6.45) is 2.45. The number of nitrogens with zero attached hydrogens (tertiary/aromatic N) is 2. The third-order valence-electron chi connectivity index (χ3n) is 3.76. The highest BCUT2D eigenvalue weighted by molar-refractivity contribution is 5.55. The van der Waals surface area contributed by atoms with Gasteiger partial charge in [-0.15, -0.1) is 0 Å². The van der Waals surface area contributed by atoms with E-state index in [-0.39, 0.29) is 16.7 Å². The lowest BCUT2D eigenvalue weighted by Gasteiger charge is -2.32. The number of nitrogens with one attached hydrogen (secondary N) is 1. The van der Waals surface area contributed by atoms with Gasteiger partial charge >= 0.3 is 0 Å². The molecule has 1 aliphatic rings. The SMILES string of the molecule is CNc1ccc([N+](=O)[O-])cc1CN1CCCC(OC)C1. The zero-order valence-corrected chi connectivity index (χ0v) is 12.0. The Morgan fingerprint density at radius 1 is 1.55 bits per heavy atom. The predicted octanol–water partition coefficient (Wildman–Crippen LogP) is 2.25. The molecule has 1 unspecified atom stereocenters. The van der Waals surface area contributed by atoms with Crippen molar-refractivity contribution in [2.24, 2.45) is 0 Å². The van der Waals surface area contributed by atoms with Crippen molar-refractivity contribution >= 4 is 11.4 Å². The van der Waals surface area contributed by atoms with Crippen LogP contribution in [0.2, 0.25) is 0 Å². The average Bonchev–Trinajstić information content (AvgIpc) is 2.47. The summed E-state index contributed by atoms with van der Waals surface area (Å²) in [6.45, 7) is 2.59. The Labute approximate surface area is 118 Å². The first-order valence-corrected chi connectivity index (χ1v) is 6.84. The van der Waals surface area contributed by atoms with Crippen LogP contribution in [0, 0.1) is 10.1 Å². The summed E-state index contributed by atoms with van der Waals surface area (Å²) in [5.74, 6) is 0. The third kappa shape index (κ3) is 3.46. The maximum absolute atomic E-state index is 10.9. The maximum atomic E-state index is 10.9. The summed E-state index contributed by atoms with van der Waals surface area (Å²) >= 11 is 0. The first kappa shape index (κ1) is 14.7. The lowest BCUT2D eigenvalue weighted by Crippen LogP contribution is -2.38. The van der Waals surface area contributed by atoms with Crippen molar-refractivity contribution in [3.05, 3.63) is 33.9 Å². The number of anilines is 1. The monoisotopic (exact) mass is 279 g/mol. The highest BCUT2D eigenvalue weighted by Crippen LogP contribution is 2.24. The molecule has 0 saturated carbocycles. The smallest absolute Gasteiger partial charge is 0.269 e. The molecule has 1 aliphatic heterocycles. The Morgan fingerprint density at radius 3 is 3.00 bits per heavy atom. The number of hydrogen-bond acceptors (Lipinski definition) is 5. The molecule has 0 bridgehead atoms. The van der Waals surface area contributed by atoms with E-state index in [0.29, 0.717) is 6.54 Å². The van der Waals surface area contributed by atoms with Gasteiger partial charge in [0.2, 0.25) is 0 Å². The van der Waals surface area contributed by atoms with Gasteiger partial charge in [0, 0.05) is 45.1 Å². The van der Waals surface area contributed by atoms with Crippen molar-refractivity contribution in [3.8, 4) is 0 Å². The molecule has 1 saturated heterocycles. The number of likely N-dealkylation sites (tertiary alicyclic amines) is 1. The summed E-state index contributed by atoms with van der Waals surface area (Å²) in [5.41, 5.74) is 2.04. The molecule has 1 atom stereocenters. The van der Waals surface area contributed by atoms with Crippen LogP contribution in [0.1, 0.15) is 18.4 Å². The average molecular weight is 279 g/mol. The minimum Gasteiger partial charge on any atom is -0.388 e. The van der Waals surface area contributed by atoms with Gasteiger partial charge in [0.1, 0.15) is 0 Å². The lowest BCUT2D eigenvalue weighted by atomic mass is 10.1. The normalized spacial score (nSPS) is 19.8. The van der Waals surface area contributed by atoms with Gasteiger partial charge in [0.05, 0.1) is 11.0 Å². The van der Waals surface area contributed by atoms with Crippen LogP contribution in [0.15, 0.2) is 18.2 Å². The van der Waals surface area contributed by atoms with E-state index in [4.69, 9.17) is 4.74 Å². The highest BCUT2D eigenvalue weighted by Gasteiger charge is 2.21. The van der Waals surface area contributed by atoms with E-state index >= 15 is 0 Å². The number of piperidine rings is 1. The summed E-state index contributed by atoms with van der Waals surface area (Å²) in [5, 5.41) is 14.0. The van der Waals surface area contributed by atoms with Crippen LogP contribution in [0.3, 0.4) is 0 Å². The van der Waals surface area contributed by atoms with Crippen molar-refractivity contribution < 1.29 is 9.66 Å². The second-order valence-electron chi connectivity index (χ2n) is 5.08. The Hall–Kier alpha value is -1.66. The largest absolute Gasteiger partial charge is 0.388 e. The van der Waals surface area contributed by atoms with Gasteiger partial charge in [0.25, 0.3) is 5.69 Å². The van der Waals surface area contributed by atoms with Crippen LogP contribution in [-0.4, -0.2) is 43.2 Å². The number of benzene rings is 1. The fraction of sp³-hybridized carbons (Fsp3) is 0.571. The van der Waals surface area contributed by atoms with E-state index < -0.39 is 0 Å². The molecule has 0 spiro atoms. The van der Waals surface area contributed by atoms with Crippen molar-refractivity contribution in [2.45, 2.75) is 25.5 Å². The van der Waals surface area contributed by atoms with Crippen LogP contribution < -0.4 is 5.32 Å². The van der Waals surface area contributed by atoms with Gasteiger partial charge in [-0.3, -0.25) is 15.0 Å². The molecular weight excluding hydrogens is 258 g/mol. The number of nitro groups is 1. The second kappa shape index (κ2) is 6.67. The molecule has 2 rings (SSSR count). The zero-order chi connectivity index (χ0) is 14.5. The summed E-state index contributed by atoms with van der Waals surface area (Å²) in [4.78, 5) is 12.8. The quantitative estimate of drug-likeness (QED) is 0.661. The van der Waals surface area contributed by atoms with E-state index in [1.807, 2.05) is 7.05 Å². The van der Waals surface area contributed by atoms with Gasteiger partial charge in [-0.2, -0.15) is 0 Å². The van der Waals surface area contributed by atoms with E-state index in [0.717, 1.165) is 37.2 Å². The molecule has 110 valence electrons. The number of rotatable bonds is 5. The summed E-state index contributed by atoms with van der Waals surface area (Å²) in [6, 6.07) is 4.96. The minimum absolute atomic E-state index is 0.138. The third-order valence-corrected chi connectivity index (χ3v) is 3.76. The first-order chi connectivity index (χ1) is 9.63. The molecule has 1 fully saturated rings. The molecule has 1 aromatic carbocycles. The predicted molar refractivity (Wildman–Crippen MR) is 78.0 cm³/mol.